The zero-order valence-electron chi connectivity index (χ0n) is 7.71. The molecule has 1 aliphatic rings. The molecule has 11 heavy (non-hydrogen) atoms. The molecule has 2 heteroatoms. The molecule has 0 aromatic rings. The summed E-state index contributed by atoms with van der Waals surface area (Å²) in [5.74, 6) is 1.73. The summed E-state index contributed by atoms with van der Waals surface area (Å²) >= 11 is 0. The molecule has 1 aliphatic heterocycles. The molecule has 2 N–H and O–H groups in total. The lowest BCUT2D eigenvalue weighted by atomic mass is 9.85. The molecule has 2 nitrogen and oxygen atoms in total. The van der Waals surface area contributed by atoms with Crippen LogP contribution in [0, 0.1) is 11.8 Å². The Morgan fingerprint density at radius 3 is 2.82 bits per heavy atom. The molecule has 1 fully saturated rings. The zero-order valence-corrected chi connectivity index (χ0v) is 7.71. The van der Waals surface area contributed by atoms with Gasteiger partial charge in [0.1, 0.15) is 0 Å². The highest BCUT2D eigenvalue weighted by Gasteiger charge is 2.22. The van der Waals surface area contributed by atoms with Gasteiger partial charge in [-0.1, -0.05) is 6.92 Å². The van der Waals surface area contributed by atoms with Crippen LogP contribution in [0.25, 0.3) is 0 Å². The smallest absolute Gasteiger partial charge is 0.000663 e. The topological polar surface area (TPSA) is 29.3 Å². The molecule has 0 bridgehead atoms. The predicted octanol–water partition coefficient (Wildman–Crippen LogP) is 0.923. The fourth-order valence-corrected chi connectivity index (χ4v) is 2.05. The number of rotatable bonds is 2. The van der Waals surface area contributed by atoms with E-state index in [-0.39, 0.29) is 0 Å². The molecule has 1 rings (SSSR count). The number of nitrogens with two attached hydrogens (primary N) is 1. The second-order valence-electron chi connectivity index (χ2n) is 3.87. The van der Waals surface area contributed by atoms with Gasteiger partial charge in [0, 0.05) is 6.54 Å². The third kappa shape index (κ3) is 2.46. The van der Waals surface area contributed by atoms with E-state index in [2.05, 4.69) is 18.9 Å². The van der Waals surface area contributed by atoms with Gasteiger partial charge < -0.3 is 10.6 Å². The Hall–Kier alpha value is -0.0800. The summed E-state index contributed by atoms with van der Waals surface area (Å²) in [5.41, 5.74) is 5.54. The molecular formula is C9H20N2. The van der Waals surface area contributed by atoms with Gasteiger partial charge in [-0.15, -0.1) is 0 Å². The zero-order chi connectivity index (χ0) is 8.27. The standard InChI is InChI=1S/C9H20N2/c1-8-7-11(2)6-4-9(8)3-5-10/h8-9H,3-7,10H2,1-2H3. The molecule has 0 spiro atoms. The van der Waals surface area contributed by atoms with Gasteiger partial charge in [0.25, 0.3) is 0 Å². The minimum atomic E-state index is 0.845. The Morgan fingerprint density at radius 2 is 2.27 bits per heavy atom. The summed E-state index contributed by atoms with van der Waals surface area (Å²) in [5, 5.41) is 0. The van der Waals surface area contributed by atoms with E-state index in [1.165, 1.54) is 25.9 Å². The Labute approximate surface area is 69.8 Å². The normalized spacial score (nSPS) is 34.1. The van der Waals surface area contributed by atoms with Crippen molar-refractivity contribution < 1.29 is 0 Å². The minimum absolute atomic E-state index is 0.845. The largest absolute Gasteiger partial charge is 0.330 e. The summed E-state index contributed by atoms with van der Waals surface area (Å²) in [6.45, 7) is 5.72. The fourth-order valence-electron chi connectivity index (χ4n) is 2.05. The summed E-state index contributed by atoms with van der Waals surface area (Å²) in [6, 6.07) is 0. The summed E-state index contributed by atoms with van der Waals surface area (Å²) in [4.78, 5) is 2.41. The molecule has 0 amide bonds. The Kier molecular flexibility index (Phi) is 3.34. The lowest BCUT2D eigenvalue weighted by Crippen LogP contribution is -2.37. The highest BCUT2D eigenvalue weighted by Crippen LogP contribution is 2.24. The van der Waals surface area contributed by atoms with Crippen molar-refractivity contribution in [2.24, 2.45) is 17.6 Å². The second-order valence-corrected chi connectivity index (χ2v) is 3.87. The summed E-state index contributed by atoms with van der Waals surface area (Å²) in [7, 11) is 2.20. The van der Waals surface area contributed by atoms with Crippen LogP contribution in [0.2, 0.25) is 0 Å². The van der Waals surface area contributed by atoms with E-state index in [1.807, 2.05) is 0 Å². The monoisotopic (exact) mass is 156 g/mol. The van der Waals surface area contributed by atoms with Gasteiger partial charge in [-0.05, 0) is 44.8 Å². The molecular weight excluding hydrogens is 136 g/mol. The van der Waals surface area contributed by atoms with E-state index in [9.17, 15) is 0 Å². The third-order valence-corrected chi connectivity index (χ3v) is 2.82. The van der Waals surface area contributed by atoms with Crippen LogP contribution in [-0.4, -0.2) is 31.6 Å². The van der Waals surface area contributed by atoms with Gasteiger partial charge in [0.2, 0.25) is 0 Å². The molecule has 0 aromatic heterocycles. The maximum absolute atomic E-state index is 5.54. The first kappa shape index (κ1) is 9.01. The van der Waals surface area contributed by atoms with Gasteiger partial charge >= 0.3 is 0 Å². The Bertz CT molecular complexity index is 114. The second kappa shape index (κ2) is 4.07. The first-order valence-electron chi connectivity index (χ1n) is 4.62. The van der Waals surface area contributed by atoms with Crippen LogP contribution in [0.4, 0.5) is 0 Å². The van der Waals surface area contributed by atoms with Crippen molar-refractivity contribution in [1.82, 2.24) is 4.90 Å². The van der Waals surface area contributed by atoms with E-state index < -0.39 is 0 Å². The maximum atomic E-state index is 5.54. The van der Waals surface area contributed by atoms with E-state index in [4.69, 9.17) is 5.73 Å². The quantitative estimate of drug-likeness (QED) is 0.644. The fraction of sp³-hybridized carbons (Fsp3) is 1.00. The maximum Gasteiger partial charge on any atom is 0.000663 e. The molecule has 1 heterocycles. The first-order valence-corrected chi connectivity index (χ1v) is 4.62. The Morgan fingerprint density at radius 1 is 1.55 bits per heavy atom. The average Bonchev–Trinajstić information content (AvgIpc) is 1.95. The lowest BCUT2D eigenvalue weighted by molar-refractivity contribution is 0.150. The van der Waals surface area contributed by atoms with Crippen molar-refractivity contribution in [3.8, 4) is 0 Å². The molecule has 0 aromatic carbocycles. The number of likely N-dealkylation sites (tertiary alicyclic amines) is 1. The number of hydrogen-bond donors (Lipinski definition) is 1. The van der Waals surface area contributed by atoms with Crippen molar-refractivity contribution in [2.75, 3.05) is 26.7 Å². The lowest BCUT2D eigenvalue weighted by Gasteiger charge is -2.34. The van der Waals surface area contributed by atoms with Crippen molar-refractivity contribution in [3.05, 3.63) is 0 Å². The van der Waals surface area contributed by atoms with Crippen molar-refractivity contribution in [2.45, 2.75) is 19.8 Å². The SMILES string of the molecule is CC1CN(C)CCC1CCN. The minimum Gasteiger partial charge on any atom is -0.330 e. The van der Waals surface area contributed by atoms with Crippen LogP contribution < -0.4 is 5.73 Å². The van der Waals surface area contributed by atoms with Crippen LogP contribution in [-0.2, 0) is 0 Å². The highest BCUT2D eigenvalue weighted by atomic mass is 15.1. The highest BCUT2D eigenvalue weighted by molar-refractivity contribution is 4.76. The summed E-state index contributed by atoms with van der Waals surface area (Å²) in [6.07, 6.45) is 2.56. The van der Waals surface area contributed by atoms with Crippen LogP contribution in [0.1, 0.15) is 19.8 Å². The molecule has 0 aliphatic carbocycles. The van der Waals surface area contributed by atoms with Gasteiger partial charge in [-0.25, -0.2) is 0 Å². The van der Waals surface area contributed by atoms with Crippen LogP contribution >= 0.6 is 0 Å². The van der Waals surface area contributed by atoms with Gasteiger partial charge in [0.15, 0.2) is 0 Å². The van der Waals surface area contributed by atoms with Crippen LogP contribution in [0.15, 0.2) is 0 Å². The van der Waals surface area contributed by atoms with E-state index in [0.29, 0.717) is 0 Å². The molecule has 66 valence electrons. The predicted molar refractivity (Wildman–Crippen MR) is 48.4 cm³/mol. The molecule has 2 unspecified atom stereocenters. The van der Waals surface area contributed by atoms with Gasteiger partial charge in [0.05, 0.1) is 0 Å². The molecule has 2 atom stereocenters. The average molecular weight is 156 g/mol. The molecule has 1 saturated heterocycles. The van der Waals surface area contributed by atoms with Crippen LogP contribution in [0.3, 0.4) is 0 Å². The third-order valence-electron chi connectivity index (χ3n) is 2.82. The number of nitrogens with zero attached hydrogens (tertiary/aromatic N) is 1. The molecule has 0 saturated carbocycles. The van der Waals surface area contributed by atoms with Crippen molar-refractivity contribution in [3.63, 3.8) is 0 Å². The van der Waals surface area contributed by atoms with Gasteiger partial charge in [-0.3, -0.25) is 0 Å². The number of hydrogen-bond acceptors (Lipinski definition) is 2. The first-order chi connectivity index (χ1) is 5.24. The number of piperidine rings is 1. The van der Waals surface area contributed by atoms with E-state index in [1.54, 1.807) is 0 Å². The van der Waals surface area contributed by atoms with Crippen molar-refractivity contribution in [1.29, 1.82) is 0 Å². The Balaban J connectivity index is 2.31. The van der Waals surface area contributed by atoms with E-state index >= 15 is 0 Å². The van der Waals surface area contributed by atoms with Crippen LogP contribution in [0.5, 0.6) is 0 Å². The molecule has 0 radical (unpaired) electrons. The van der Waals surface area contributed by atoms with Crippen molar-refractivity contribution >= 4 is 0 Å². The van der Waals surface area contributed by atoms with Gasteiger partial charge in [-0.2, -0.15) is 0 Å². The van der Waals surface area contributed by atoms with E-state index in [0.717, 1.165) is 18.4 Å². The summed E-state index contributed by atoms with van der Waals surface area (Å²) < 4.78 is 0.